The Morgan fingerprint density at radius 2 is 2.40 bits per heavy atom. The van der Waals surface area contributed by atoms with Gasteiger partial charge < -0.3 is 5.73 Å². The van der Waals surface area contributed by atoms with Crippen LogP contribution in [0.2, 0.25) is 0 Å². The van der Waals surface area contributed by atoms with Crippen LogP contribution in [0.25, 0.3) is 0 Å². The van der Waals surface area contributed by atoms with E-state index in [1.54, 1.807) is 0 Å². The van der Waals surface area contributed by atoms with Gasteiger partial charge in [-0.15, -0.1) is 0 Å². The number of amides is 1. The number of carbonyl (C=O) groups excluding carboxylic acids is 1. The average molecular weight is 146 g/mol. The Morgan fingerprint density at radius 3 is 2.80 bits per heavy atom. The zero-order valence-electron chi connectivity index (χ0n) is 6.39. The molecule has 0 bridgehead atoms. The summed E-state index contributed by atoms with van der Waals surface area (Å²) in [4.78, 5) is 15.2. The van der Waals surface area contributed by atoms with Crippen LogP contribution in [0, 0.1) is 0 Å². The molecule has 4 heteroatoms. The highest BCUT2D eigenvalue weighted by Crippen LogP contribution is 1.91. The molecule has 0 spiro atoms. The van der Waals surface area contributed by atoms with Crippen LogP contribution in [0.1, 0.15) is 19.8 Å². The molecule has 0 aliphatic heterocycles. The van der Waals surface area contributed by atoms with E-state index in [9.17, 15) is 4.79 Å². The smallest absolute Gasteiger partial charge is 0.260 e. The van der Waals surface area contributed by atoms with Gasteiger partial charge in [0.05, 0.1) is 13.2 Å². The van der Waals surface area contributed by atoms with Crippen LogP contribution in [0.3, 0.4) is 0 Å². The summed E-state index contributed by atoms with van der Waals surface area (Å²) in [6.45, 7) is 1.97. The van der Waals surface area contributed by atoms with Gasteiger partial charge in [0, 0.05) is 0 Å². The molecule has 0 aromatic heterocycles. The maximum absolute atomic E-state index is 10.8. The molecule has 0 saturated carbocycles. The van der Waals surface area contributed by atoms with Gasteiger partial charge in [-0.05, 0) is 6.42 Å². The van der Waals surface area contributed by atoms with E-state index in [4.69, 9.17) is 5.73 Å². The van der Waals surface area contributed by atoms with Crippen LogP contribution in [-0.4, -0.2) is 19.1 Å². The summed E-state index contributed by atoms with van der Waals surface area (Å²) in [6.07, 6.45) is 1.59. The molecular formula is C6H14N2O2. The number of nitrogens with one attached hydrogen (secondary N) is 1. The SMILES string of the molecule is CCCC(N)C(=O)NOC. The van der Waals surface area contributed by atoms with Crippen molar-refractivity contribution in [3.63, 3.8) is 0 Å². The van der Waals surface area contributed by atoms with E-state index in [1.165, 1.54) is 7.11 Å². The van der Waals surface area contributed by atoms with Crippen molar-refractivity contribution in [3.8, 4) is 0 Å². The zero-order chi connectivity index (χ0) is 7.98. The molecule has 0 aromatic carbocycles. The summed E-state index contributed by atoms with van der Waals surface area (Å²) in [5, 5.41) is 0. The topological polar surface area (TPSA) is 64.4 Å². The second-order valence-corrected chi connectivity index (χ2v) is 2.07. The molecule has 0 fully saturated rings. The summed E-state index contributed by atoms with van der Waals surface area (Å²) in [6, 6.07) is -0.440. The molecule has 0 heterocycles. The van der Waals surface area contributed by atoms with E-state index in [0.717, 1.165) is 6.42 Å². The van der Waals surface area contributed by atoms with Gasteiger partial charge in [0.1, 0.15) is 0 Å². The number of rotatable bonds is 4. The van der Waals surface area contributed by atoms with Crippen molar-refractivity contribution in [2.75, 3.05) is 7.11 Å². The van der Waals surface area contributed by atoms with E-state index >= 15 is 0 Å². The van der Waals surface area contributed by atoms with Crippen molar-refractivity contribution in [2.24, 2.45) is 5.73 Å². The molecule has 1 atom stereocenters. The molecule has 4 nitrogen and oxygen atoms in total. The normalized spacial score (nSPS) is 12.7. The van der Waals surface area contributed by atoms with Crippen LogP contribution in [-0.2, 0) is 9.63 Å². The average Bonchev–Trinajstić information content (AvgIpc) is 1.89. The first kappa shape index (κ1) is 9.39. The van der Waals surface area contributed by atoms with Gasteiger partial charge in [0.25, 0.3) is 5.91 Å². The lowest BCUT2D eigenvalue weighted by molar-refractivity contribution is -0.132. The third kappa shape index (κ3) is 3.42. The maximum atomic E-state index is 10.8. The minimum atomic E-state index is -0.440. The molecule has 0 aliphatic rings. The molecule has 10 heavy (non-hydrogen) atoms. The Bertz CT molecular complexity index is 106. The standard InChI is InChI=1S/C6H14N2O2/c1-3-4-5(7)6(9)8-10-2/h5H,3-4,7H2,1-2H3,(H,8,9). The molecule has 0 rings (SSSR count). The van der Waals surface area contributed by atoms with E-state index in [-0.39, 0.29) is 5.91 Å². The quantitative estimate of drug-likeness (QED) is 0.539. The van der Waals surface area contributed by atoms with Crippen molar-refractivity contribution in [2.45, 2.75) is 25.8 Å². The van der Waals surface area contributed by atoms with E-state index in [0.29, 0.717) is 6.42 Å². The Kier molecular flexibility index (Phi) is 4.88. The van der Waals surface area contributed by atoms with Gasteiger partial charge in [-0.1, -0.05) is 13.3 Å². The molecule has 0 radical (unpaired) electrons. The van der Waals surface area contributed by atoms with Gasteiger partial charge in [0.2, 0.25) is 0 Å². The van der Waals surface area contributed by atoms with Crippen molar-refractivity contribution in [3.05, 3.63) is 0 Å². The van der Waals surface area contributed by atoms with Gasteiger partial charge in [-0.25, -0.2) is 5.48 Å². The Balaban J connectivity index is 3.49. The summed E-state index contributed by atoms with van der Waals surface area (Å²) in [7, 11) is 1.39. The Labute approximate surface area is 60.7 Å². The number of hydroxylamine groups is 1. The summed E-state index contributed by atoms with van der Waals surface area (Å²) >= 11 is 0. The van der Waals surface area contributed by atoms with Crippen LogP contribution in [0.5, 0.6) is 0 Å². The molecule has 0 saturated heterocycles. The van der Waals surface area contributed by atoms with E-state index in [1.807, 2.05) is 6.92 Å². The number of nitrogens with two attached hydrogens (primary N) is 1. The Morgan fingerprint density at radius 1 is 1.80 bits per heavy atom. The van der Waals surface area contributed by atoms with Crippen molar-refractivity contribution >= 4 is 5.91 Å². The highest BCUT2D eigenvalue weighted by molar-refractivity contribution is 5.80. The van der Waals surface area contributed by atoms with Gasteiger partial charge in [-0.2, -0.15) is 0 Å². The minimum Gasteiger partial charge on any atom is -0.320 e. The van der Waals surface area contributed by atoms with Gasteiger partial charge >= 0.3 is 0 Å². The number of hydrogen-bond acceptors (Lipinski definition) is 3. The first-order chi connectivity index (χ1) is 4.72. The predicted molar refractivity (Wildman–Crippen MR) is 38.0 cm³/mol. The molecule has 3 N–H and O–H groups in total. The Hall–Kier alpha value is -0.610. The first-order valence-corrected chi connectivity index (χ1v) is 3.30. The fourth-order valence-corrected chi connectivity index (χ4v) is 0.618. The van der Waals surface area contributed by atoms with Crippen LogP contribution in [0.4, 0.5) is 0 Å². The summed E-state index contributed by atoms with van der Waals surface area (Å²) in [5.74, 6) is -0.260. The molecule has 1 unspecified atom stereocenters. The summed E-state index contributed by atoms with van der Waals surface area (Å²) < 4.78 is 0. The summed E-state index contributed by atoms with van der Waals surface area (Å²) in [5.41, 5.74) is 7.59. The highest BCUT2D eigenvalue weighted by Gasteiger charge is 2.10. The third-order valence-electron chi connectivity index (χ3n) is 1.14. The minimum absolute atomic E-state index is 0.260. The lowest BCUT2D eigenvalue weighted by atomic mass is 10.2. The highest BCUT2D eigenvalue weighted by atomic mass is 16.6. The van der Waals surface area contributed by atoms with E-state index in [2.05, 4.69) is 10.3 Å². The second kappa shape index (κ2) is 5.20. The molecule has 0 aliphatic carbocycles. The van der Waals surface area contributed by atoms with Crippen molar-refractivity contribution in [1.29, 1.82) is 0 Å². The van der Waals surface area contributed by atoms with Crippen LogP contribution < -0.4 is 11.2 Å². The van der Waals surface area contributed by atoms with Gasteiger partial charge in [0.15, 0.2) is 0 Å². The monoisotopic (exact) mass is 146 g/mol. The maximum Gasteiger partial charge on any atom is 0.260 e. The van der Waals surface area contributed by atoms with Crippen LogP contribution in [0.15, 0.2) is 0 Å². The number of carbonyl (C=O) groups is 1. The van der Waals surface area contributed by atoms with Crippen molar-refractivity contribution in [1.82, 2.24) is 5.48 Å². The first-order valence-electron chi connectivity index (χ1n) is 3.30. The third-order valence-corrected chi connectivity index (χ3v) is 1.14. The van der Waals surface area contributed by atoms with Crippen LogP contribution >= 0.6 is 0 Å². The molecular weight excluding hydrogens is 132 g/mol. The number of hydrogen-bond donors (Lipinski definition) is 2. The van der Waals surface area contributed by atoms with E-state index < -0.39 is 6.04 Å². The zero-order valence-corrected chi connectivity index (χ0v) is 6.39. The second-order valence-electron chi connectivity index (χ2n) is 2.07. The fraction of sp³-hybridized carbons (Fsp3) is 0.833. The predicted octanol–water partition coefficient (Wildman–Crippen LogP) is -0.209. The van der Waals surface area contributed by atoms with Crippen molar-refractivity contribution < 1.29 is 9.63 Å². The lowest BCUT2D eigenvalue weighted by Gasteiger charge is -2.08. The fourth-order valence-electron chi connectivity index (χ4n) is 0.618. The molecule has 1 amide bonds. The molecule has 0 aromatic rings. The largest absolute Gasteiger partial charge is 0.320 e. The lowest BCUT2D eigenvalue weighted by Crippen LogP contribution is -2.39. The van der Waals surface area contributed by atoms with Gasteiger partial charge in [-0.3, -0.25) is 9.63 Å². The molecule has 60 valence electrons.